The number of aromatic nitrogens is 2. The number of nitrogens with two attached hydrogens (primary N) is 1. The van der Waals surface area contributed by atoms with Crippen LogP contribution in [0.2, 0.25) is 10.0 Å². The Morgan fingerprint density at radius 2 is 1.95 bits per heavy atom. The average molecular weight is 329 g/mol. The summed E-state index contributed by atoms with van der Waals surface area (Å²) in [6, 6.07) is 7.06. The summed E-state index contributed by atoms with van der Waals surface area (Å²) in [5, 5.41) is 5.49. The Balaban J connectivity index is 2.13. The summed E-state index contributed by atoms with van der Waals surface area (Å²) in [5.41, 5.74) is 3.53. The van der Waals surface area contributed by atoms with Gasteiger partial charge in [0.15, 0.2) is 0 Å². The molecule has 2 aromatic rings. The summed E-state index contributed by atoms with van der Waals surface area (Å²) < 4.78 is 7.56. The van der Waals surface area contributed by atoms with E-state index in [-0.39, 0.29) is 12.1 Å². The zero-order valence-electron chi connectivity index (χ0n) is 11.9. The van der Waals surface area contributed by atoms with Crippen LogP contribution in [-0.4, -0.2) is 16.4 Å². The van der Waals surface area contributed by atoms with Crippen molar-refractivity contribution >= 4 is 23.2 Å². The van der Waals surface area contributed by atoms with Crippen molar-refractivity contribution in [2.75, 3.05) is 6.61 Å². The highest BCUT2D eigenvalue weighted by molar-refractivity contribution is 6.31. The Morgan fingerprint density at radius 3 is 2.52 bits per heavy atom. The quantitative estimate of drug-likeness (QED) is 0.630. The van der Waals surface area contributed by atoms with E-state index in [1.165, 1.54) is 0 Å². The van der Waals surface area contributed by atoms with Crippen LogP contribution < -0.4 is 16.0 Å². The molecule has 0 saturated heterocycles. The molecule has 0 amide bonds. The lowest BCUT2D eigenvalue weighted by atomic mass is 10.2. The minimum Gasteiger partial charge on any atom is -0.491 e. The fraction of sp³-hybridized carbons (Fsp3) is 0.357. The van der Waals surface area contributed by atoms with Crippen molar-refractivity contribution in [1.29, 1.82) is 0 Å². The minimum absolute atomic E-state index is 0.180. The predicted molar refractivity (Wildman–Crippen MR) is 84.6 cm³/mol. The second-order valence-electron chi connectivity index (χ2n) is 4.90. The van der Waals surface area contributed by atoms with Gasteiger partial charge in [-0.2, -0.15) is 5.10 Å². The Bertz CT molecular complexity index is 583. The van der Waals surface area contributed by atoms with Crippen LogP contribution in [0, 0.1) is 0 Å². The molecule has 0 radical (unpaired) electrons. The molecule has 0 aliphatic rings. The molecule has 2 rings (SSSR count). The van der Waals surface area contributed by atoms with Crippen LogP contribution in [0.1, 0.15) is 31.6 Å². The van der Waals surface area contributed by atoms with E-state index in [1.807, 2.05) is 18.5 Å². The summed E-state index contributed by atoms with van der Waals surface area (Å²) in [6.45, 7) is 4.39. The SMILES string of the molecule is CC(C)n1ncc(Cl)c1C(COc1ccc(Cl)cc1)NN. The van der Waals surface area contributed by atoms with Crippen LogP contribution in [0.25, 0.3) is 0 Å². The molecule has 1 atom stereocenters. The van der Waals surface area contributed by atoms with Crippen molar-refractivity contribution in [1.82, 2.24) is 15.2 Å². The van der Waals surface area contributed by atoms with Crippen molar-refractivity contribution in [3.05, 3.63) is 46.2 Å². The second kappa shape index (κ2) is 7.13. The van der Waals surface area contributed by atoms with Crippen LogP contribution >= 0.6 is 23.2 Å². The number of hydrogen-bond donors (Lipinski definition) is 2. The van der Waals surface area contributed by atoms with E-state index >= 15 is 0 Å². The maximum atomic E-state index is 6.21. The summed E-state index contributed by atoms with van der Waals surface area (Å²) in [7, 11) is 0. The summed E-state index contributed by atoms with van der Waals surface area (Å²) in [5.74, 6) is 6.35. The minimum atomic E-state index is -0.266. The summed E-state index contributed by atoms with van der Waals surface area (Å²) in [6.07, 6.45) is 1.61. The highest BCUT2D eigenvalue weighted by atomic mass is 35.5. The topological polar surface area (TPSA) is 65.1 Å². The smallest absolute Gasteiger partial charge is 0.119 e. The standard InChI is InChI=1S/C14H18Cl2N4O/c1-9(2)20-14(12(16)7-18-20)13(19-17)8-21-11-5-3-10(15)4-6-11/h3-7,9,13,19H,8,17H2,1-2H3. The average Bonchev–Trinajstić information content (AvgIpc) is 2.84. The third-order valence-corrected chi connectivity index (χ3v) is 3.58. The summed E-state index contributed by atoms with van der Waals surface area (Å²) in [4.78, 5) is 0. The second-order valence-corrected chi connectivity index (χ2v) is 5.74. The molecule has 0 aliphatic heterocycles. The van der Waals surface area contributed by atoms with Crippen molar-refractivity contribution in [3.63, 3.8) is 0 Å². The predicted octanol–water partition coefficient (Wildman–Crippen LogP) is 3.35. The first kappa shape index (κ1) is 16.1. The van der Waals surface area contributed by atoms with Gasteiger partial charge in [-0.1, -0.05) is 23.2 Å². The zero-order valence-corrected chi connectivity index (χ0v) is 13.4. The largest absolute Gasteiger partial charge is 0.491 e. The van der Waals surface area contributed by atoms with Crippen molar-refractivity contribution in [2.45, 2.75) is 25.9 Å². The van der Waals surface area contributed by atoms with Gasteiger partial charge < -0.3 is 4.74 Å². The van der Waals surface area contributed by atoms with Crippen LogP contribution in [0.5, 0.6) is 5.75 Å². The molecule has 7 heteroatoms. The molecule has 3 N–H and O–H groups in total. The Labute approximate surface area is 134 Å². The van der Waals surface area contributed by atoms with E-state index < -0.39 is 0 Å². The van der Waals surface area contributed by atoms with Gasteiger partial charge >= 0.3 is 0 Å². The van der Waals surface area contributed by atoms with Crippen LogP contribution in [0.4, 0.5) is 0 Å². The molecule has 0 saturated carbocycles. The van der Waals surface area contributed by atoms with Gasteiger partial charge in [0.2, 0.25) is 0 Å². The molecule has 21 heavy (non-hydrogen) atoms. The molecule has 0 fully saturated rings. The first-order valence-corrected chi connectivity index (χ1v) is 7.36. The molecule has 0 spiro atoms. The zero-order chi connectivity index (χ0) is 15.4. The van der Waals surface area contributed by atoms with E-state index in [1.54, 1.807) is 30.5 Å². The highest BCUT2D eigenvalue weighted by Crippen LogP contribution is 2.26. The van der Waals surface area contributed by atoms with Gasteiger partial charge in [0.25, 0.3) is 0 Å². The van der Waals surface area contributed by atoms with Gasteiger partial charge in [-0.05, 0) is 38.1 Å². The molecule has 1 heterocycles. The number of hydrazine groups is 1. The lowest BCUT2D eigenvalue weighted by Gasteiger charge is -2.20. The maximum absolute atomic E-state index is 6.21. The summed E-state index contributed by atoms with van der Waals surface area (Å²) >= 11 is 12.1. The van der Waals surface area contributed by atoms with E-state index in [0.29, 0.717) is 22.4 Å². The third kappa shape index (κ3) is 3.89. The number of halogens is 2. The van der Waals surface area contributed by atoms with Gasteiger partial charge in [0.1, 0.15) is 12.4 Å². The highest BCUT2D eigenvalue weighted by Gasteiger charge is 2.21. The number of ether oxygens (including phenoxy) is 1. The molecular weight excluding hydrogens is 311 g/mol. The molecule has 1 aromatic heterocycles. The normalized spacial score (nSPS) is 12.7. The fourth-order valence-electron chi connectivity index (χ4n) is 2.00. The van der Waals surface area contributed by atoms with Crippen molar-refractivity contribution in [3.8, 4) is 5.75 Å². The monoisotopic (exact) mass is 328 g/mol. The van der Waals surface area contributed by atoms with E-state index in [2.05, 4.69) is 10.5 Å². The van der Waals surface area contributed by atoms with Crippen molar-refractivity contribution < 1.29 is 4.74 Å². The number of rotatable bonds is 6. The molecule has 1 unspecified atom stereocenters. The van der Waals surface area contributed by atoms with Gasteiger partial charge in [-0.3, -0.25) is 10.5 Å². The number of benzene rings is 1. The fourth-order valence-corrected chi connectivity index (χ4v) is 2.39. The first-order valence-electron chi connectivity index (χ1n) is 6.60. The van der Waals surface area contributed by atoms with Crippen LogP contribution in [0.3, 0.4) is 0 Å². The molecule has 5 nitrogen and oxygen atoms in total. The van der Waals surface area contributed by atoms with Gasteiger partial charge in [0.05, 0.1) is 23.0 Å². The van der Waals surface area contributed by atoms with Gasteiger partial charge in [0, 0.05) is 11.1 Å². The molecule has 0 bridgehead atoms. The van der Waals surface area contributed by atoms with Crippen LogP contribution in [0.15, 0.2) is 30.5 Å². The number of nitrogens with zero attached hydrogens (tertiary/aromatic N) is 2. The van der Waals surface area contributed by atoms with Gasteiger partial charge in [-0.15, -0.1) is 0 Å². The van der Waals surface area contributed by atoms with Crippen LogP contribution in [-0.2, 0) is 0 Å². The number of hydrogen-bond acceptors (Lipinski definition) is 4. The van der Waals surface area contributed by atoms with E-state index in [9.17, 15) is 0 Å². The first-order chi connectivity index (χ1) is 10.0. The molecule has 0 aliphatic carbocycles. The lowest BCUT2D eigenvalue weighted by Crippen LogP contribution is -2.34. The van der Waals surface area contributed by atoms with Gasteiger partial charge in [-0.25, -0.2) is 5.43 Å². The van der Waals surface area contributed by atoms with E-state index in [0.717, 1.165) is 5.69 Å². The Hall–Kier alpha value is -1.27. The van der Waals surface area contributed by atoms with E-state index in [4.69, 9.17) is 33.8 Å². The molecule has 114 valence electrons. The third-order valence-electron chi connectivity index (χ3n) is 3.04. The lowest BCUT2D eigenvalue weighted by molar-refractivity contribution is 0.258. The Morgan fingerprint density at radius 1 is 1.29 bits per heavy atom. The maximum Gasteiger partial charge on any atom is 0.119 e. The molecule has 1 aromatic carbocycles. The Kier molecular flexibility index (Phi) is 5.47. The van der Waals surface area contributed by atoms with Crippen molar-refractivity contribution in [2.24, 2.45) is 5.84 Å². The molecular formula is C14H18Cl2N4O. The number of nitrogens with one attached hydrogen (secondary N) is 1.